The van der Waals surface area contributed by atoms with Crippen molar-refractivity contribution >= 4 is 21.4 Å². The highest BCUT2D eigenvalue weighted by Crippen LogP contribution is 2.45. The molecule has 3 aromatic carbocycles. The van der Waals surface area contributed by atoms with Crippen LogP contribution in [0.5, 0.6) is 5.75 Å². The molecule has 0 saturated carbocycles. The fraction of sp³-hybridized carbons (Fsp3) is 0.192. The van der Waals surface area contributed by atoms with E-state index in [0.717, 1.165) is 5.56 Å². The van der Waals surface area contributed by atoms with Crippen molar-refractivity contribution in [1.29, 1.82) is 0 Å². The average Bonchev–Trinajstić information content (AvgIpc) is 3.22. The third-order valence-electron chi connectivity index (χ3n) is 5.80. The van der Waals surface area contributed by atoms with E-state index in [1.54, 1.807) is 36.4 Å². The second-order valence-corrected chi connectivity index (χ2v) is 10.4. The van der Waals surface area contributed by atoms with Gasteiger partial charge in [-0.2, -0.15) is 0 Å². The van der Waals surface area contributed by atoms with Gasteiger partial charge < -0.3 is 20.4 Å². The van der Waals surface area contributed by atoms with Gasteiger partial charge in [-0.05, 0) is 36.8 Å². The first-order valence-corrected chi connectivity index (χ1v) is 12.2. The zero-order valence-corrected chi connectivity index (χ0v) is 19.7. The number of hydrogen-bond acceptors (Lipinski definition) is 6. The number of sulfone groups is 1. The maximum absolute atomic E-state index is 13.7. The molecule has 176 valence electrons. The number of amidine groups is 1. The minimum absolute atomic E-state index is 0.0344. The summed E-state index contributed by atoms with van der Waals surface area (Å²) in [4.78, 5) is 0.384. The van der Waals surface area contributed by atoms with E-state index in [1.807, 2.05) is 37.3 Å². The van der Waals surface area contributed by atoms with E-state index in [9.17, 15) is 8.42 Å². The molecule has 8 heteroatoms. The Labute approximate surface area is 199 Å². The van der Waals surface area contributed by atoms with Gasteiger partial charge in [-0.15, -0.1) is 0 Å². The van der Waals surface area contributed by atoms with Crippen LogP contribution in [0.4, 0.5) is 0 Å². The second-order valence-electron chi connectivity index (χ2n) is 8.38. The molecule has 1 aliphatic rings. The predicted octanol–water partition coefficient (Wildman–Crippen LogP) is 4.35. The fourth-order valence-corrected chi connectivity index (χ4v) is 5.75. The van der Waals surface area contributed by atoms with Crippen LogP contribution in [0, 0.1) is 0 Å². The van der Waals surface area contributed by atoms with Gasteiger partial charge in [0.15, 0.2) is 5.84 Å². The Morgan fingerprint density at radius 2 is 1.71 bits per heavy atom. The smallest absolute Gasteiger partial charge is 0.206 e. The lowest BCUT2D eigenvalue weighted by Gasteiger charge is -2.25. The Hall–Kier alpha value is -3.78. The van der Waals surface area contributed by atoms with Gasteiger partial charge in [0, 0.05) is 24.0 Å². The molecule has 1 unspecified atom stereocenters. The number of ether oxygens (including phenoxy) is 2. The average molecular weight is 479 g/mol. The molecule has 7 nitrogen and oxygen atoms in total. The van der Waals surface area contributed by atoms with Crippen LogP contribution < -0.4 is 10.5 Å². The summed E-state index contributed by atoms with van der Waals surface area (Å²) in [5, 5.41) is 11.9. The summed E-state index contributed by atoms with van der Waals surface area (Å²) >= 11 is 0. The van der Waals surface area contributed by atoms with Crippen molar-refractivity contribution in [3.05, 3.63) is 100 Å². The van der Waals surface area contributed by atoms with Crippen molar-refractivity contribution in [3.8, 4) is 5.75 Å². The first-order chi connectivity index (χ1) is 16.3. The molecular formula is C26H26N2O5S. The summed E-state index contributed by atoms with van der Waals surface area (Å²) in [5.41, 5.74) is 7.08. The van der Waals surface area contributed by atoms with Crippen LogP contribution in [-0.2, 0) is 21.0 Å². The van der Waals surface area contributed by atoms with Crippen molar-refractivity contribution in [3.63, 3.8) is 0 Å². The monoisotopic (exact) mass is 478 g/mol. The van der Waals surface area contributed by atoms with Gasteiger partial charge >= 0.3 is 0 Å². The molecular weight excluding hydrogens is 452 g/mol. The second kappa shape index (κ2) is 9.23. The number of methoxy groups -OCH3 is 1. The lowest BCUT2D eigenvalue weighted by atomic mass is 9.94. The first-order valence-electron chi connectivity index (χ1n) is 10.7. The van der Waals surface area contributed by atoms with Gasteiger partial charge in [-0.3, -0.25) is 0 Å². The van der Waals surface area contributed by atoms with E-state index >= 15 is 0 Å². The molecule has 1 atom stereocenters. The highest BCUT2D eigenvalue weighted by atomic mass is 32.2. The maximum atomic E-state index is 13.7. The summed E-state index contributed by atoms with van der Waals surface area (Å²) in [6.07, 6.45) is 0.759. The fourth-order valence-electron chi connectivity index (χ4n) is 4.07. The molecule has 3 aromatic rings. The highest BCUT2D eigenvalue weighted by Gasteiger charge is 2.43. The Kier molecular flexibility index (Phi) is 6.34. The number of nitrogens with two attached hydrogens (primary N) is 1. The molecule has 0 aliphatic carbocycles. The molecule has 0 spiro atoms. The summed E-state index contributed by atoms with van der Waals surface area (Å²) in [6, 6.07) is 22.9. The SMILES string of the molecule is COc1ccc(S(=O)(=O)C2=C(c3ccc(/C(N)=N/O)cc3)OC(C)(Cc3ccccc3)C2)cc1. The normalized spacial score (nSPS) is 18.6. The Bertz CT molecular complexity index is 1330. The van der Waals surface area contributed by atoms with E-state index in [0.29, 0.717) is 29.1 Å². The molecule has 1 heterocycles. The number of rotatable bonds is 7. The van der Waals surface area contributed by atoms with E-state index in [4.69, 9.17) is 20.4 Å². The molecule has 0 fully saturated rings. The van der Waals surface area contributed by atoms with Crippen molar-refractivity contribution < 1.29 is 23.1 Å². The van der Waals surface area contributed by atoms with Gasteiger partial charge in [-0.25, -0.2) is 8.42 Å². The molecule has 0 radical (unpaired) electrons. The van der Waals surface area contributed by atoms with Gasteiger partial charge in [0.25, 0.3) is 0 Å². The highest BCUT2D eigenvalue weighted by molar-refractivity contribution is 7.95. The van der Waals surface area contributed by atoms with Crippen molar-refractivity contribution in [2.45, 2.75) is 30.3 Å². The molecule has 0 saturated heterocycles. The number of hydrogen-bond donors (Lipinski definition) is 2. The van der Waals surface area contributed by atoms with Crippen LogP contribution >= 0.6 is 0 Å². The van der Waals surface area contributed by atoms with Crippen LogP contribution in [0.2, 0.25) is 0 Å². The van der Waals surface area contributed by atoms with Gasteiger partial charge in [0.2, 0.25) is 9.84 Å². The zero-order valence-electron chi connectivity index (χ0n) is 18.9. The van der Waals surface area contributed by atoms with Crippen LogP contribution in [0.25, 0.3) is 5.76 Å². The van der Waals surface area contributed by atoms with Gasteiger partial charge in [0.05, 0.1) is 16.9 Å². The third kappa shape index (κ3) is 4.63. The molecule has 0 bridgehead atoms. The number of oxime groups is 1. The van der Waals surface area contributed by atoms with Crippen molar-refractivity contribution in [2.24, 2.45) is 10.9 Å². The predicted molar refractivity (Wildman–Crippen MR) is 130 cm³/mol. The summed E-state index contributed by atoms with van der Waals surface area (Å²) < 4.78 is 39.0. The standard InChI is InChI=1S/C26H26N2O5S/c1-26(16-18-6-4-3-5-7-18)17-23(34(30,31)22-14-12-21(32-2)13-15-22)24(33-26)19-8-10-20(11-9-19)25(27)28-29/h3-15,29H,16-17H2,1-2H3,(H2,27,28). The van der Waals surface area contributed by atoms with E-state index in [-0.39, 0.29) is 22.1 Å². The quantitative estimate of drug-likeness (QED) is 0.226. The van der Waals surface area contributed by atoms with Crippen LogP contribution in [0.1, 0.15) is 30.0 Å². The lowest BCUT2D eigenvalue weighted by molar-refractivity contribution is 0.0800. The number of nitrogens with zero attached hydrogens (tertiary/aromatic N) is 1. The number of benzene rings is 3. The summed E-state index contributed by atoms with van der Waals surface area (Å²) in [5.74, 6) is 0.844. The van der Waals surface area contributed by atoms with E-state index < -0.39 is 15.4 Å². The lowest BCUT2D eigenvalue weighted by Crippen LogP contribution is -2.27. The Morgan fingerprint density at radius 1 is 1.06 bits per heavy atom. The maximum Gasteiger partial charge on any atom is 0.206 e. The summed E-state index contributed by atoms with van der Waals surface area (Å²) in [7, 11) is -2.32. The van der Waals surface area contributed by atoms with Crippen LogP contribution in [0.15, 0.2) is 93.8 Å². The largest absolute Gasteiger partial charge is 0.497 e. The van der Waals surface area contributed by atoms with Crippen molar-refractivity contribution in [1.82, 2.24) is 0 Å². The van der Waals surface area contributed by atoms with Crippen LogP contribution in [0.3, 0.4) is 0 Å². The Balaban J connectivity index is 1.78. The van der Waals surface area contributed by atoms with E-state index in [2.05, 4.69) is 5.16 Å². The van der Waals surface area contributed by atoms with Crippen molar-refractivity contribution in [2.75, 3.05) is 7.11 Å². The third-order valence-corrected chi connectivity index (χ3v) is 7.67. The summed E-state index contributed by atoms with van der Waals surface area (Å²) in [6.45, 7) is 1.92. The Morgan fingerprint density at radius 3 is 2.29 bits per heavy atom. The van der Waals surface area contributed by atoms with Gasteiger partial charge in [0.1, 0.15) is 17.1 Å². The van der Waals surface area contributed by atoms with Gasteiger partial charge in [-0.1, -0.05) is 59.8 Å². The first kappa shape index (κ1) is 23.4. The molecule has 0 amide bonds. The molecule has 3 N–H and O–H groups in total. The minimum atomic E-state index is -3.84. The molecule has 1 aliphatic heterocycles. The zero-order chi connectivity index (χ0) is 24.3. The topological polar surface area (TPSA) is 111 Å². The molecule has 34 heavy (non-hydrogen) atoms. The molecule has 4 rings (SSSR count). The van der Waals surface area contributed by atoms with E-state index in [1.165, 1.54) is 19.2 Å². The minimum Gasteiger partial charge on any atom is -0.497 e. The van der Waals surface area contributed by atoms with Crippen LogP contribution in [-0.4, -0.2) is 32.2 Å². The molecule has 0 aromatic heterocycles.